The highest BCUT2D eigenvalue weighted by Crippen LogP contribution is 2.20. The number of halogens is 1. The Morgan fingerprint density at radius 1 is 1.15 bits per heavy atom. The third kappa shape index (κ3) is 4.58. The molecule has 0 unspecified atom stereocenters. The normalized spacial score (nSPS) is 10.4. The van der Waals surface area contributed by atoms with Gasteiger partial charge < -0.3 is 13.9 Å². The minimum Gasteiger partial charge on any atom is -0.496 e. The largest absolute Gasteiger partial charge is 0.496 e. The topological polar surface area (TPSA) is 78.6 Å². The fourth-order valence-electron chi connectivity index (χ4n) is 2.42. The second-order valence-corrected chi connectivity index (χ2v) is 5.62. The molecule has 1 aromatic heterocycles. The van der Waals surface area contributed by atoms with Gasteiger partial charge in [0.25, 0.3) is 0 Å². The van der Waals surface area contributed by atoms with E-state index in [0.29, 0.717) is 11.6 Å². The molecule has 0 amide bonds. The molecule has 0 aliphatic rings. The number of hydrogen-bond donors (Lipinski definition) is 0. The zero-order valence-corrected chi connectivity index (χ0v) is 14.5. The van der Waals surface area contributed by atoms with Crippen LogP contribution in [0.2, 0.25) is 0 Å². The number of Topliss-reactive ketones (excluding diaryl/α,β-unsaturated/α-hetero) is 1. The molecule has 0 fully saturated rings. The van der Waals surface area contributed by atoms with Crippen LogP contribution >= 0.6 is 0 Å². The molecular formula is C20H16FNO5. The standard InChI is InChI=1S/C20H16FNO5/c1-25-18-8-7-14(21)9-16(18)17(23)12-26-19(24)10-15-11-27-20(22-15)13-5-3-2-4-6-13/h2-9,11H,10,12H2,1H3. The highest BCUT2D eigenvalue weighted by molar-refractivity contribution is 6.00. The first-order chi connectivity index (χ1) is 13.1. The molecule has 7 heteroatoms. The van der Waals surface area contributed by atoms with E-state index in [2.05, 4.69) is 4.98 Å². The molecule has 0 saturated carbocycles. The summed E-state index contributed by atoms with van der Waals surface area (Å²) in [5, 5.41) is 0. The van der Waals surface area contributed by atoms with Gasteiger partial charge in [0.2, 0.25) is 11.7 Å². The van der Waals surface area contributed by atoms with Crippen molar-refractivity contribution in [2.45, 2.75) is 6.42 Å². The number of oxazole rings is 1. The quantitative estimate of drug-likeness (QED) is 0.469. The fraction of sp³-hybridized carbons (Fsp3) is 0.150. The SMILES string of the molecule is COc1ccc(F)cc1C(=O)COC(=O)Cc1coc(-c2ccccc2)n1. The van der Waals surface area contributed by atoms with Crippen LogP contribution in [-0.2, 0) is 16.0 Å². The molecule has 3 aromatic rings. The van der Waals surface area contributed by atoms with Gasteiger partial charge in [-0.2, -0.15) is 0 Å². The molecule has 0 saturated heterocycles. The van der Waals surface area contributed by atoms with Crippen LogP contribution in [0.5, 0.6) is 5.75 Å². The summed E-state index contributed by atoms with van der Waals surface area (Å²) in [6.07, 6.45) is 1.21. The van der Waals surface area contributed by atoms with E-state index in [4.69, 9.17) is 13.9 Å². The third-order valence-corrected chi connectivity index (χ3v) is 3.72. The van der Waals surface area contributed by atoms with Crippen molar-refractivity contribution in [1.82, 2.24) is 4.98 Å². The van der Waals surface area contributed by atoms with Crippen molar-refractivity contribution < 1.29 is 27.9 Å². The van der Waals surface area contributed by atoms with Gasteiger partial charge in [0.05, 0.1) is 24.8 Å². The fourth-order valence-corrected chi connectivity index (χ4v) is 2.42. The van der Waals surface area contributed by atoms with Gasteiger partial charge in [0.15, 0.2) is 6.61 Å². The Labute approximate surface area is 154 Å². The van der Waals surface area contributed by atoms with E-state index in [1.165, 1.54) is 25.5 Å². The molecule has 0 N–H and O–H groups in total. The summed E-state index contributed by atoms with van der Waals surface area (Å²) in [6, 6.07) is 12.8. The monoisotopic (exact) mass is 369 g/mol. The first-order valence-corrected chi connectivity index (χ1v) is 8.09. The highest BCUT2D eigenvalue weighted by Gasteiger charge is 2.17. The number of aromatic nitrogens is 1. The van der Waals surface area contributed by atoms with Crippen LogP contribution in [0.3, 0.4) is 0 Å². The minimum atomic E-state index is -0.647. The number of esters is 1. The molecule has 27 heavy (non-hydrogen) atoms. The van der Waals surface area contributed by atoms with Crippen LogP contribution in [0, 0.1) is 5.82 Å². The van der Waals surface area contributed by atoms with E-state index < -0.39 is 24.2 Å². The molecule has 0 spiro atoms. The maximum Gasteiger partial charge on any atom is 0.312 e. The van der Waals surface area contributed by atoms with Gasteiger partial charge in [-0.3, -0.25) is 9.59 Å². The molecule has 2 aromatic carbocycles. The lowest BCUT2D eigenvalue weighted by molar-refractivity contribution is -0.141. The lowest BCUT2D eigenvalue weighted by Gasteiger charge is -2.08. The molecule has 0 aliphatic carbocycles. The summed E-state index contributed by atoms with van der Waals surface area (Å²) in [5.74, 6) is -1.20. The minimum absolute atomic E-state index is 0.0121. The molecule has 0 bridgehead atoms. The maximum atomic E-state index is 13.3. The van der Waals surface area contributed by atoms with Crippen molar-refractivity contribution in [3.63, 3.8) is 0 Å². The summed E-state index contributed by atoms with van der Waals surface area (Å²) < 4.78 is 28.7. The molecule has 0 atom stereocenters. The lowest BCUT2D eigenvalue weighted by Crippen LogP contribution is -2.16. The van der Waals surface area contributed by atoms with Crippen LogP contribution in [-0.4, -0.2) is 30.5 Å². The van der Waals surface area contributed by atoms with Gasteiger partial charge in [-0.05, 0) is 30.3 Å². The first kappa shape index (κ1) is 18.3. The van der Waals surface area contributed by atoms with Crippen LogP contribution in [0.1, 0.15) is 16.1 Å². The number of rotatable bonds is 7. The molecule has 0 radical (unpaired) electrons. The average Bonchev–Trinajstić information content (AvgIpc) is 3.15. The van der Waals surface area contributed by atoms with Gasteiger partial charge in [0.1, 0.15) is 17.8 Å². The van der Waals surface area contributed by atoms with E-state index in [-0.39, 0.29) is 17.7 Å². The van der Waals surface area contributed by atoms with Gasteiger partial charge in [0, 0.05) is 5.56 Å². The Kier molecular flexibility index (Phi) is 5.61. The van der Waals surface area contributed by atoms with Crippen LogP contribution < -0.4 is 4.74 Å². The Morgan fingerprint density at radius 2 is 1.93 bits per heavy atom. The van der Waals surface area contributed by atoms with E-state index >= 15 is 0 Å². The van der Waals surface area contributed by atoms with Gasteiger partial charge in [-0.15, -0.1) is 0 Å². The average molecular weight is 369 g/mol. The van der Waals surface area contributed by atoms with Crippen molar-refractivity contribution in [2.24, 2.45) is 0 Å². The summed E-state index contributed by atoms with van der Waals surface area (Å²) in [4.78, 5) is 28.3. The summed E-state index contributed by atoms with van der Waals surface area (Å²) in [6.45, 7) is -0.526. The molecule has 138 valence electrons. The van der Waals surface area contributed by atoms with Crippen molar-refractivity contribution in [3.8, 4) is 17.2 Å². The van der Waals surface area contributed by atoms with Gasteiger partial charge >= 0.3 is 5.97 Å². The predicted octanol–water partition coefficient (Wildman–Crippen LogP) is 3.46. The summed E-state index contributed by atoms with van der Waals surface area (Å²) in [7, 11) is 1.37. The Bertz CT molecular complexity index is 952. The summed E-state index contributed by atoms with van der Waals surface area (Å²) >= 11 is 0. The predicted molar refractivity (Wildman–Crippen MR) is 93.9 cm³/mol. The molecule has 3 rings (SSSR count). The van der Waals surface area contributed by atoms with Gasteiger partial charge in [-0.25, -0.2) is 9.37 Å². The van der Waals surface area contributed by atoms with Crippen molar-refractivity contribution >= 4 is 11.8 Å². The van der Waals surface area contributed by atoms with Crippen LogP contribution in [0.15, 0.2) is 59.2 Å². The van der Waals surface area contributed by atoms with Crippen LogP contribution in [0.25, 0.3) is 11.5 Å². The zero-order valence-electron chi connectivity index (χ0n) is 14.5. The Hall–Kier alpha value is -3.48. The molecule has 1 heterocycles. The molecule has 0 aliphatic heterocycles. The third-order valence-electron chi connectivity index (χ3n) is 3.72. The van der Waals surface area contributed by atoms with E-state index in [1.54, 1.807) is 0 Å². The van der Waals surface area contributed by atoms with Crippen molar-refractivity contribution in [2.75, 3.05) is 13.7 Å². The summed E-state index contributed by atoms with van der Waals surface area (Å²) in [5.41, 5.74) is 1.18. The zero-order chi connectivity index (χ0) is 19.2. The number of ether oxygens (including phenoxy) is 2. The molecular weight excluding hydrogens is 353 g/mol. The lowest BCUT2D eigenvalue weighted by atomic mass is 10.1. The number of nitrogens with zero attached hydrogens (tertiary/aromatic N) is 1. The van der Waals surface area contributed by atoms with E-state index in [9.17, 15) is 14.0 Å². The smallest absolute Gasteiger partial charge is 0.312 e. The van der Waals surface area contributed by atoms with Gasteiger partial charge in [-0.1, -0.05) is 18.2 Å². The second kappa shape index (κ2) is 8.27. The van der Waals surface area contributed by atoms with E-state index in [0.717, 1.165) is 11.6 Å². The van der Waals surface area contributed by atoms with Crippen molar-refractivity contribution in [3.05, 3.63) is 71.9 Å². The van der Waals surface area contributed by atoms with Crippen LogP contribution in [0.4, 0.5) is 4.39 Å². The molecule has 6 nitrogen and oxygen atoms in total. The number of methoxy groups -OCH3 is 1. The van der Waals surface area contributed by atoms with Crippen molar-refractivity contribution in [1.29, 1.82) is 0 Å². The highest BCUT2D eigenvalue weighted by atomic mass is 19.1. The maximum absolute atomic E-state index is 13.3. The Balaban J connectivity index is 1.58. The number of hydrogen-bond acceptors (Lipinski definition) is 6. The number of benzene rings is 2. The number of carbonyl (C=O) groups is 2. The Morgan fingerprint density at radius 3 is 2.67 bits per heavy atom. The number of ketones is 1. The number of carbonyl (C=O) groups excluding carboxylic acids is 2. The van der Waals surface area contributed by atoms with E-state index in [1.807, 2.05) is 30.3 Å². The first-order valence-electron chi connectivity index (χ1n) is 8.09. The second-order valence-electron chi connectivity index (χ2n) is 5.62.